The van der Waals surface area contributed by atoms with Gasteiger partial charge in [0.05, 0.1) is 18.1 Å². The minimum atomic E-state index is -1.38. The highest BCUT2D eigenvalue weighted by Crippen LogP contribution is 2.37. The Balaban J connectivity index is 1.67. The van der Waals surface area contributed by atoms with Crippen LogP contribution < -0.4 is 14.8 Å². The van der Waals surface area contributed by atoms with Gasteiger partial charge in [-0.2, -0.15) is 0 Å². The van der Waals surface area contributed by atoms with E-state index in [4.69, 9.17) is 19.3 Å². The van der Waals surface area contributed by atoms with Crippen molar-refractivity contribution in [1.82, 2.24) is 4.98 Å². The van der Waals surface area contributed by atoms with E-state index in [-0.39, 0.29) is 43.3 Å². The van der Waals surface area contributed by atoms with Crippen molar-refractivity contribution in [2.45, 2.75) is 51.4 Å². The van der Waals surface area contributed by atoms with Crippen LogP contribution in [0.15, 0.2) is 41.9 Å². The standard InChI is InChI=1S/C28H29BFN3O6S/c1-29(17-31)8-7-18-12-24(38-16-21-4-2-3-10-37-21)25(39-20-5-6-22(27(35)36)23(30)15-20)13-19(18)14-26(34)33-28-32-9-11-40-28/h5-6,9,11-13,15,21H,2-4,7-8,10,14,16H2,1H3,(H,35,36)(H,32,33,34). The molecule has 0 aliphatic carbocycles. The van der Waals surface area contributed by atoms with E-state index >= 15 is 0 Å². The lowest BCUT2D eigenvalue weighted by Crippen LogP contribution is -2.26. The number of halogens is 1. The number of carbonyl (C=O) groups excluding carboxylic acids is 1. The third-order valence-corrected chi connectivity index (χ3v) is 7.15. The first-order valence-electron chi connectivity index (χ1n) is 13.0. The lowest BCUT2D eigenvalue weighted by molar-refractivity contribution is -0.115. The van der Waals surface area contributed by atoms with Gasteiger partial charge < -0.3 is 24.6 Å². The average molecular weight is 565 g/mol. The van der Waals surface area contributed by atoms with E-state index in [0.29, 0.717) is 35.8 Å². The molecule has 40 heavy (non-hydrogen) atoms. The second kappa shape index (κ2) is 13.9. The first-order valence-corrected chi connectivity index (χ1v) is 13.9. The number of nitriles is 1. The van der Waals surface area contributed by atoms with Gasteiger partial charge in [-0.05, 0) is 61.1 Å². The van der Waals surface area contributed by atoms with Crippen LogP contribution in [0.1, 0.15) is 40.7 Å². The Morgan fingerprint density at radius 2 is 2.10 bits per heavy atom. The van der Waals surface area contributed by atoms with Gasteiger partial charge in [-0.25, -0.2) is 19.4 Å². The monoisotopic (exact) mass is 565 g/mol. The first-order chi connectivity index (χ1) is 19.3. The Morgan fingerprint density at radius 1 is 1.27 bits per heavy atom. The third-order valence-electron chi connectivity index (χ3n) is 6.46. The summed E-state index contributed by atoms with van der Waals surface area (Å²) < 4.78 is 32.4. The molecule has 0 radical (unpaired) electrons. The van der Waals surface area contributed by atoms with E-state index < -0.39 is 17.3 Å². The molecule has 1 saturated heterocycles. The van der Waals surface area contributed by atoms with E-state index in [2.05, 4.69) is 16.3 Å². The lowest BCUT2D eigenvalue weighted by atomic mass is 9.50. The summed E-state index contributed by atoms with van der Waals surface area (Å²) in [4.78, 5) is 28.2. The summed E-state index contributed by atoms with van der Waals surface area (Å²) in [5.41, 5.74) is 0.994. The highest BCUT2D eigenvalue weighted by atomic mass is 32.1. The predicted molar refractivity (Wildman–Crippen MR) is 149 cm³/mol. The van der Waals surface area contributed by atoms with E-state index in [1.165, 1.54) is 17.4 Å². The molecule has 12 heteroatoms. The lowest BCUT2D eigenvalue weighted by Gasteiger charge is -2.24. The average Bonchev–Trinajstić information content (AvgIpc) is 3.45. The Kier molecular flexibility index (Phi) is 10.1. The minimum absolute atomic E-state index is 0.00450. The van der Waals surface area contributed by atoms with Gasteiger partial charge in [0.25, 0.3) is 6.71 Å². The number of benzene rings is 2. The number of aromatic nitrogens is 1. The third kappa shape index (κ3) is 8.03. The van der Waals surface area contributed by atoms with Crippen molar-refractivity contribution in [2.75, 3.05) is 18.5 Å². The maximum Gasteiger partial charge on any atom is 0.338 e. The number of aromatic carboxylic acids is 1. The van der Waals surface area contributed by atoms with Gasteiger partial charge in [-0.1, -0.05) is 13.1 Å². The van der Waals surface area contributed by atoms with Crippen LogP contribution in [0.5, 0.6) is 17.2 Å². The molecule has 1 amide bonds. The van der Waals surface area contributed by atoms with Crippen molar-refractivity contribution in [3.05, 3.63) is 64.4 Å². The van der Waals surface area contributed by atoms with Crippen LogP contribution in [0.3, 0.4) is 0 Å². The second-order valence-electron chi connectivity index (χ2n) is 9.55. The zero-order chi connectivity index (χ0) is 28.5. The number of ether oxygens (including phenoxy) is 3. The van der Waals surface area contributed by atoms with Crippen molar-refractivity contribution in [3.63, 3.8) is 0 Å². The molecule has 0 bridgehead atoms. The Bertz CT molecular complexity index is 1380. The number of carboxylic acid groups (broad SMARTS) is 1. The smallest absolute Gasteiger partial charge is 0.338 e. The van der Waals surface area contributed by atoms with E-state index in [0.717, 1.165) is 37.0 Å². The molecule has 3 aromatic rings. The number of nitrogens with zero attached hydrogens (tertiary/aromatic N) is 2. The minimum Gasteiger partial charge on any atom is -0.487 e. The van der Waals surface area contributed by atoms with Crippen molar-refractivity contribution < 1.29 is 33.3 Å². The van der Waals surface area contributed by atoms with Gasteiger partial charge in [0.15, 0.2) is 16.6 Å². The number of hydrogen-bond donors (Lipinski definition) is 2. The molecule has 208 valence electrons. The summed E-state index contributed by atoms with van der Waals surface area (Å²) in [7, 11) is 0. The van der Waals surface area contributed by atoms with Gasteiger partial charge in [0.2, 0.25) is 5.91 Å². The van der Waals surface area contributed by atoms with E-state index in [1.54, 1.807) is 23.7 Å². The van der Waals surface area contributed by atoms with Gasteiger partial charge in [-0.3, -0.25) is 4.79 Å². The normalized spacial score (nSPS) is 14.7. The molecule has 1 aliphatic rings. The Morgan fingerprint density at radius 3 is 2.77 bits per heavy atom. The number of amides is 1. The highest BCUT2D eigenvalue weighted by Gasteiger charge is 2.21. The summed E-state index contributed by atoms with van der Waals surface area (Å²) in [5.74, 6) is 0.325. The Labute approximate surface area is 236 Å². The summed E-state index contributed by atoms with van der Waals surface area (Å²) in [6.07, 6.45) is 5.51. The maximum atomic E-state index is 14.4. The molecule has 1 unspecified atom stereocenters. The van der Waals surface area contributed by atoms with Crippen molar-refractivity contribution >= 4 is 35.1 Å². The second-order valence-corrected chi connectivity index (χ2v) is 10.4. The molecule has 1 aliphatic heterocycles. The molecule has 4 rings (SSSR count). The number of nitrogens with one attached hydrogen (secondary N) is 1. The number of carbonyl (C=O) groups is 2. The zero-order valence-corrected chi connectivity index (χ0v) is 22.8. The SMILES string of the molecule is CB(C#N)CCc1cc(OCC2CCCCO2)c(Oc2ccc(C(=O)O)c(F)c2)cc1CC(=O)Nc1nccs1. The van der Waals surface area contributed by atoms with E-state index in [1.807, 2.05) is 6.82 Å². The van der Waals surface area contributed by atoms with Gasteiger partial charge >= 0.3 is 5.97 Å². The van der Waals surface area contributed by atoms with Gasteiger partial charge in [-0.15, -0.1) is 11.3 Å². The molecule has 9 nitrogen and oxygen atoms in total. The first kappa shape index (κ1) is 29.0. The molecule has 2 heterocycles. The summed E-state index contributed by atoms with van der Waals surface area (Å²) in [6.45, 7) is 2.58. The van der Waals surface area contributed by atoms with Crippen LogP contribution in [0.25, 0.3) is 0 Å². The van der Waals surface area contributed by atoms with E-state index in [9.17, 15) is 19.2 Å². The molecule has 2 N–H and O–H groups in total. The number of thiazole rings is 1. The quantitative estimate of drug-likeness (QED) is 0.270. The van der Waals surface area contributed by atoms with Gasteiger partial charge in [0.1, 0.15) is 18.2 Å². The highest BCUT2D eigenvalue weighted by molar-refractivity contribution is 7.13. The fraction of sp³-hybridized carbons (Fsp3) is 0.357. The molecule has 0 spiro atoms. The fourth-order valence-electron chi connectivity index (χ4n) is 4.27. The van der Waals surface area contributed by atoms with Gasteiger partial charge in [0, 0.05) is 30.2 Å². The maximum absolute atomic E-state index is 14.4. The molecular weight excluding hydrogens is 536 g/mol. The van der Waals surface area contributed by atoms with Crippen LogP contribution >= 0.6 is 11.3 Å². The van der Waals surface area contributed by atoms with Crippen LogP contribution in [0.4, 0.5) is 9.52 Å². The Hall–Kier alpha value is -3.95. The molecule has 1 atom stereocenters. The largest absolute Gasteiger partial charge is 0.487 e. The molecule has 1 fully saturated rings. The number of carboxylic acids is 1. The van der Waals surface area contributed by atoms with Crippen molar-refractivity contribution in [2.24, 2.45) is 0 Å². The molecule has 1 aromatic heterocycles. The number of rotatable bonds is 12. The zero-order valence-electron chi connectivity index (χ0n) is 22.0. The van der Waals surface area contributed by atoms with Crippen molar-refractivity contribution in [1.29, 1.82) is 5.26 Å². The van der Waals surface area contributed by atoms with Crippen LogP contribution in [0.2, 0.25) is 13.1 Å². The molecule has 2 aromatic carbocycles. The predicted octanol–water partition coefficient (Wildman–Crippen LogP) is 5.63. The van der Waals surface area contributed by atoms with Crippen LogP contribution in [-0.4, -0.2) is 48.0 Å². The topological polar surface area (TPSA) is 131 Å². The fourth-order valence-corrected chi connectivity index (χ4v) is 4.82. The number of anilines is 1. The summed E-state index contributed by atoms with van der Waals surface area (Å²) in [5, 5.41) is 23.5. The molecule has 0 saturated carbocycles. The molecular formula is C28H29BFN3O6S. The summed E-state index contributed by atoms with van der Waals surface area (Å²) >= 11 is 1.30. The number of hydrogen-bond acceptors (Lipinski definition) is 8. The number of aryl methyl sites for hydroxylation is 1. The van der Waals surface area contributed by atoms with Crippen LogP contribution in [0, 0.1) is 17.0 Å². The van der Waals surface area contributed by atoms with Crippen molar-refractivity contribution in [3.8, 4) is 23.2 Å². The summed E-state index contributed by atoms with van der Waals surface area (Å²) in [6, 6.07) is 6.94. The van der Waals surface area contributed by atoms with Crippen LogP contribution in [-0.2, 0) is 22.4 Å².